The molecule has 0 saturated carbocycles. The minimum Gasteiger partial charge on any atom is -0.462 e. The zero-order valence-electron chi connectivity index (χ0n) is 12.8. The first kappa shape index (κ1) is 15.4. The number of imide groups is 1. The van der Waals surface area contributed by atoms with Gasteiger partial charge in [0.15, 0.2) is 0 Å². The lowest BCUT2D eigenvalue weighted by Crippen LogP contribution is -2.40. The SMILES string of the molecule is CC1(CCOC(=O)c2ccc(N3C(=O)C=CC3=O)cc2)COC1. The Balaban J connectivity index is 1.57. The molecule has 0 bridgehead atoms. The molecule has 0 spiro atoms. The van der Waals surface area contributed by atoms with Crippen molar-refractivity contribution in [3.63, 3.8) is 0 Å². The predicted octanol–water partition coefficient (Wildman–Crippen LogP) is 1.70. The lowest BCUT2D eigenvalue weighted by molar-refractivity contribution is -0.119. The summed E-state index contributed by atoms with van der Waals surface area (Å²) in [6, 6.07) is 6.20. The highest BCUT2D eigenvalue weighted by Gasteiger charge is 2.33. The molecule has 6 nitrogen and oxygen atoms in total. The Labute approximate surface area is 133 Å². The van der Waals surface area contributed by atoms with Crippen LogP contribution in [0, 0.1) is 5.41 Å². The third-order valence-corrected chi connectivity index (χ3v) is 4.01. The van der Waals surface area contributed by atoms with E-state index in [1.165, 1.54) is 12.2 Å². The number of ether oxygens (including phenoxy) is 2. The average Bonchev–Trinajstić information content (AvgIpc) is 2.84. The van der Waals surface area contributed by atoms with Crippen molar-refractivity contribution in [3.8, 4) is 0 Å². The van der Waals surface area contributed by atoms with Gasteiger partial charge in [-0.2, -0.15) is 0 Å². The molecular weight excluding hydrogens is 298 g/mol. The summed E-state index contributed by atoms with van der Waals surface area (Å²) in [6.07, 6.45) is 3.20. The van der Waals surface area contributed by atoms with Crippen LogP contribution in [0.4, 0.5) is 5.69 Å². The van der Waals surface area contributed by atoms with E-state index in [-0.39, 0.29) is 17.2 Å². The maximum Gasteiger partial charge on any atom is 0.338 e. The largest absolute Gasteiger partial charge is 0.462 e. The highest BCUT2D eigenvalue weighted by Crippen LogP contribution is 2.30. The summed E-state index contributed by atoms with van der Waals surface area (Å²) < 4.78 is 10.4. The van der Waals surface area contributed by atoms with Gasteiger partial charge in [0.05, 0.1) is 31.1 Å². The van der Waals surface area contributed by atoms with Gasteiger partial charge in [-0.15, -0.1) is 0 Å². The second kappa shape index (κ2) is 5.96. The van der Waals surface area contributed by atoms with Crippen LogP contribution in [0.5, 0.6) is 0 Å². The van der Waals surface area contributed by atoms with E-state index in [1.54, 1.807) is 24.3 Å². The molecule has 2 aliphatic heterocycles. The van der Waals surface area contributed by atoms with E-state index in [0.29, 0.717) is 31.1 Å². The molecule has 0 aromatic heterocycles. The van der Waals surface area contributed by atoms with E-state index in [0.717, 1.165) is 11.3 Å². The molecule has 1 aromatic rings. The van der Waals surface area contributed by atoms with Crippen molar-refractivity contribution < 1.29 is 23.9 Å². The standard InChI is InChI=1S/C17H17NO5/c1-17(10-22-11-17)8-9-23-16(21)12-2-4-13(5-3-12)18-14(19)6-7-15(18)20/h2-7H,8-11H2,1H3. The number of carbonyl (C=O) groups is 3. The maximum absolute atomic E-state index is 12.0. The molecule has 2 amide bonds. The minimum atomic E-state index is -0.419. The van der Waals surface area contributed by atoms with Gasteiger partial charge in [-0.05, 0) is 30.7 Å². The van der Waals surface area contributed by atoms with Crippen molar-refractivity contribution in [2.24, 2.45) is 5.41 Å². The Morgan fingerprint density at radius 2 is 1.78 bits per heavy atom. The lowest BCUT2D eigenvalue weighted by atomic mass is 9.85. The lowest BCUT2D eigenvalue weighted by Gasteiger charge is -2.37. The smallest absolute Gasteiger partial charge is 0.338 e. The molecule has 120 valence electrons. The van der Waals surface area contributed by atoms with Gasteiger partial charge in [0, 0.05) is 17.6 Å². The summed E-state index contributed by atoms with van der Waals surface area (Å²) in [4.78, 5) is 36.2. The molecule has 6 heteroatoms. The average molecular weight is 315 g/mol. The normalized spacial score (nSPS) is 18.9. The third-order valence-electron chi connectivity index (χ3n) is 4.01. The van der Waals surface area contributed by atoms with Crippen LogP contribution in [0.25, 0.3) is 0 Å². The molecule has 0 unspecified atom stereocenters. The van der Waals surface area contributed by atoms with Crippen LogP contribution in [0.3, 0.4) is 0 Å². The summed E-state index contributed by atoms with van der Waals surface area (Å²) in [5.74, 6) is -1.19. The molecule has 1 saturated heterocycles. The van der Waals surface area contributed by atoms with Crippen LogP contribution in [0.1, 0.15) is 23.7 Å². The molecule has 0 atom stereocenters. The fraction of sp³-hybridized carbons (Fsp3) is 0.353. The second-order valence-corrected chi connectivity index (χ2v) is 6.08. The number of rotatable bonds is 5. The molecular formula is C17H17NO5. The Morgan fingerprint density at radius 3 is 2.30 bits per heavy atom. The van der Waals surface area contributed by atoms with Gasteiger partial charge in [-0.1, -0.05) is 6.92 Å². The Hall–Kier alpha value is -2.47. The monoisotopic (exact) mass is 315 g/mol. The van der Waals surface area contributed by atoms with Crippen LogP contribution in [-0.2, 0) is 19.1 Å². The number of anilines is 1. The Bertz CT molecular complexity index is 655. The van der Waals surface area contributed by atoms with Crippen molar-refractivity contribution >= 4 is 23.5 Å². The van der Waals surface area contributed by atoms with Gasteiger partial charge in [-0.25, -0.2) is 9.69 Å². The molecule has 3 rings (SSSR count). The van der Waals surface area contributed by atoms with Crippen LogP contribution in [0.2, 0.25) is 0 Å². The molecule has 0 radical (unpaired) electrons. The topological polar surface area (TPSA) is 72.9 Å². The Kier molecular flexibility index (Phi) is 4.00. The van der Waals surface area contributed by atoms with Gasteiger partial charge in [0.1, 0.15) is 0 Å². The number of carbonyl (C=O) groups excluding carboxylic acids is 3. The van der Waals surface area contributed by atoms with E-state index in [9.17, 15) is 14.4 Å². The molecule has 1 fully saturated rings. The van der Waals surface area contributed by atoms with Gasteiger partial charge >= 0.3 is 5.97 Å². The van der Waals surface area contributed by atoms with E-state index >= 15 is 0 Å². The molecule has 0 aliphatic carbocycles. The predicted molar refractivity (Wildman–Crippen MR) is 81.9 cm³/mol. The first-order valence-electron chi connectivity index (χ1n) is 7.40. The zero-order chi connectivity index (χ0) is 16.4. The molecule has 2 heterocycles. The van der Waals surface area contributed by atoms with E-state index in [4.69, 9.17) is 9.47 Å². The van der Waals surface area contributed by atoms with E-state index in [2.05, 4.69) is 6.92 Å². The number of amides is 2. The van der Waals surface area contributed by atoms with Gasteiger partial charge in [0.25, 0.3) is 11.8 Å². The third kappa shape index (κ3) is 3.17. The summed E-state index contributed by atoms with van der Waals surface area (Å²) >= 11 is 0. The minimum absolute atomic E-state index is 0.105. The van der Waals surface area contributed by atoms with Crippen LogP contribution in [0.15, 0.2) is 36.4 Å². The first-order valence-corrected chi connectivity index (χ1v) is 7.40. The molecule has 1 aromatic carbocycles. The Morgan fingerprint density at radius 1 is 1.17 bits per heavy atom. The van der Waals surface area contributed by atoms with Gasteiger partial charge in [-0.3, -0.25) is 9.59 Å². The van der Waals surface area contributed by atoms with E-state index < -0.39 is 5.97 Å². The van der Waals surface area contributed by atoms with Crippen molar-refractivity contribution in [2.75, 3.05) is 24.7 Å². The maximum atomic E-state index is 12.0. The zero-order valence-corrected chi connectivity index (χ0v) is 12.8. The first-order chi connectivity index (χ1) is 11.0. The summed E-state index contributed by atoms with van der Waals surface area (Å²) in [5, 5.41) is 0. The van der Waals surface area contributed by atoms with Crippen molar-refractivity contribution in [1.29, 1.82) is 0 Å². The van der Waals surface area contributed by atoms with Crippen molar-refractivity contribution in [3.05, 3.63) is 42.0 Å². The molecule has 0 N–H and O–H groups in total. The number of benzene rings is 1. The number of hydrogen-bond donors (Lipinski definition) is 0. The molecule has 2 aliphatic rings. The summed E-state index contributed by atoms with van der Waals surface area (Å²) in [7, 11) is 0. The van der Waals surface area contributed by atoms with Crippen LogP contribution in [-0.4, -0.2) is 37.6 Å². The fourth-order valence-corrected chi connectivity index (χ4v) is 2.47. The van der Waals surface area contributed by atoms with Crippen LogP contribution < -0.4 is 4.90 Å². The van der Waals surface area contributed by atoms with Gasteiger partial charge in [0.2, 0.25) is 0 Å². The highest BCUT2D eigenvalue weighted by molar-refractivity contribution is 6.28. The number of hydrogen-bond acceptors (Lipinski definition) is 5. The molecule has 23 heavy (non-hydrogen) atoms. The van der Waals surface area contributed by atoms with Crippen molar-refractivity contribution in [1.82, 2.24) is 0 Å². The fourth-order valence-electron chi connectivity index (χ4n) is 2.47. The van der Waals surface area contributed by atoms with Crippen LogP contribution >= 0.6 is 0 Å². The van der Waals surface area contributed by atoms with Gasteiger partial charge < -0.3 is 9.47 Å². The summed E-state index contributed by atoms with van der Waals surface area (Å²) in [6.45, 7) is 3.83. The quantitative estimate of drug-likeness (QED) is 0.611. The second-order valence-electron chi connectivity index (χ2n) is 6.08. The number of esters is 1. The van der Waals surface area contributed by atoms with Crippen molar-refractivity contribution in [2.45, 2.75) is 13.3 Å². The summed E-state index contributed by atoms with van der Waals surface area (Å²) in [5.41, 5.74) is 0.921. The highest BCUT2D eigenvalue weighted by atomic mass is 16.5. The number of nitrogens with zero attached hydrogens (tertiary/aromatic N) is 1. The van der Waals surface area contributed by atoms with E-state index in [1.807, 2.05) is 0 Å².